The van der Waals surface area contributed by atoms with Crippen LogP contribution in [-0.2, 0) is 0 Å². The first kappa shape index (κ1) is 7.56. The Labute approximate surface area is 68.2 Å². The molecule has 2 heteroatoms. The molecule has 2 heterocycles. The van der Waals surface area contributed by atoms with Crippen LogP contribution >= 0.6 is 0 Å². The summed E-state index contributed by atoms with van der Waals surface area (Å²) in [7, 11) is 0. The molecule has 0 spiro atoms. The Morgan fingerprint density at radius 2 is 2.27 bits per heavy atom. The highest BCUT2D eigenvalue weighted by atomic mass is 16.3. The van der Waals surface area contributed by atoms with Gasteiger partial charge in [-0.3, -0.25) is 0 Å². The fourth-order valence-electron chi connectivity index (χ4n) is 2.41. The lowest BCUT2D eigenvalue weighted by molar-refractivity contribution is -0.0209. The van der Waals surface area contributed by atoms with Gasteiger partial charge >= 0.3 is 0 Å². The van der Waals surface area contributed by atoms with Crippen LogP contribution in [-0.4, -0.2) is 34.7 Å². The van der Waals surface area contributed by atoms with Gasteiger partial charge in [0.25, 0.3) is 0 Å². The van der Waals surface area contributed by atoms with Crippen LogP contribution in [0.5, 0.6) is 0 Å². The summed E-state index contributed by atoms with van der Waals surface area (Å²) in [6.07, 6.45) is 4.59. The lowest BCUT2D eigenvalue weighted by atomic mass is 9.88. The number of hydrogen-bond acceptors (Lipinski definition) is 2. The minimum Gasteiger partial charge on any atom is -0.390 e. The molecule has 2 atom stereocenters. The molecule has 2 nitrogen and oxygen atoms in total. The van der Waals surface area contributed by atoms with Gasteiger partial charge < -0.3 is 10.0 Å². The largest absolute Gasteiger partial charge is 0.390 e. The van der Waals surface area contributed by atoms with Crippen molar-refractivity contribution < 1.29 is 5.11 Å². The Kier molecular flexibility index (Phi) is 1.69. The maximum absolute atomic E-state index is 9.79. The minimum absolute atomic E-state index is 0.370. The molecule has 2 aliphatic heterocycles. The van der Waals surface area contributed by atoms with E-state index in [9.17, 15) is 5.11 Å². The molecule has 0 radical (unpaired) electrons. The van der Waals surface area contributed by atoms with Crippen LogP contribution in [0, 0.1) is 0 Å². The molecule has 2 saturated heterocycles. The smallest absolute Gasteiger partial charge is 0.0646 e. The standard InChI is InChI=1S/C9H17NO/c1-9(11)4-6-10-5-2-3-8(10)7-9/h8,11H,2-7H2,1H3. The van der Waals surface area contributed by atoms with Crippen molar-refractivity contribution >= 4 is 0 Å². The Balaban J connectivity index is 2.02. The second-order valence-electron chi connectivity index (χ2n) is 4.28. The van der Waals surface area contributed by atoms with Crippen LogP contribution in [0.2, 0.25) is 0 Å². The highest BCUT2D eigenvalue weighted by Crippen LogP contribution is 2.32. The van der Waals surface area contributed by atoms with Crippen LogP contribution in [0.25, 0.3) is 0 Å². The van der Waals surface area contributed by atoms with Gasteiger partial charge in [-0.2, -0.15) is 0 Å². The molecule has 0 aromatic carbocycles. The third kappa shape index (κ3) is 1.42. The van der Waals surface area contributed by atoms with E-state index >= 15 is 0 Å². The van der Waals surface area contributed by atoms with E-state index in [1.165, 1.54) is 19.4 Å². The van der Waals surface area contributed by atoms with E-state index in [2.05, 4.69) is 4.90 Å². The molecule has 0 saturated carbocycles. The zero-order chi connectivity index (χ0) is 7.90. The highest BCUT2D eigenvalue weighted by Gasteiger charge is 2.36. The van der Waals surface area contributed by atoms with Gasteiger partial charge in [-0.15, -0.1) is 0 Å². The second-order valence-corrected chi connectivity index (χ2v) is 4.28. The van der Waals surface area contributed by atoms with Crippen LogP contribution < -0.4 is 0 Å². The van der Waals surface area contributed by atoms with Crippen molar-refractivity contribution in [1.82, 2.24) is 4.90 Å². The van der Waals surface area contributed by atoms with Gasteiger partial charge in [-0.05, 0) is 39.2 Å². The molecule has 0 aromatic rings. The lowest BCUT2D eigenvalue weighted by Crippen LogP contribution is -2.45. The van der Waals surface area contributed by atoms with Gasteiger partial charge in [0.1, 0.15) is 0 Å². The van der Waals surface area contributed by atoms with E-state index in [0.29, 0.717) is 6.04 Å². The van der Waals surface area contributed by atoms with E-state index in [0.717, 1.165) is 19.4 Å². The van der Waals surface area contributed by atoms with Gasteiger partial charge in [0.15, 0.2) is 0 Å². The number of rotatable bonds is 0. The Morgan fingerprint density at radius 1 is 1.45 bits per heavy atom. The third-order valence-corrected chi connectivity index (χ3v) is 3.11. The van der Waals surface area contributed by atoms with E-state index in [1.54, 1.807) is 0 Å². The quantitative estimate of drug-likeness (QED) is 0.564. The van der Waals surface area contributed by atoms with E-state index in [4.69, 9.17) is 0 Å². The van der Waals surface area contributed by atoms with Crippen LogP contribution in [0.3, 0.4) is 0 Å². The van der Waals surface area contributed by atoms with Crippen molar-refractivity contribution in [2.45, 2.75) is 44.2 Å². The molecular weight excluding hydrogens is 138 g/mol. The molecule has 0 aliphatic carbocycles. The van der Waals surface area contributed by atoms with Gasteiger partial charge in [0.2, 0.25) is 0 Å². The van der Waals surface area contributed by atoms with Crippen molar-refractivity contribution in [3.8, 4) is 0 Å². The monoisotopic (exact) mass is 155 g/mol. The third-order valence-electron chi connectivity index (χ3n) is 3.11. The molecule has 0 bridgehead atoms. The summed E-state index contributed by atoms with van der Waals surface area (Å²) >= 11 is 0. The topological polar surface area (TPSA) is 23.5 Å². The molecule has 2 aliphatic rings. The Hall–Kier alpha value is -0.0800. The van der Waals surface area contributed by atoms with Gasteiger partial charge in [-0.1, -0.05) is 0 Å². The molecule has 2 fully saturated rings. The average molecular weight is 155 g/mol. The van der Waals surface area contributed by atoms with Gasteiger partial charge in [0.05, 0.1) is 5.60 Å². The summed E-state index contributed by atoms with van der Waals surface area (Å²) in [6.45, 7) is 4.35. The van der Waals surface area contributed by atoms with E-state index < -0.39 is 0 Å². The zero-order valence-corrected chi connectivity index (χ0v) is 7.21. The van der Waals surface area contributed by atoms with Gasteiger partial charge in [0, 0.05) is 12.6 Å². The summed E-state index contributed by atoms with van der Waals surface area (Å²) < 4.78 is 0. The minimum atomic E-state index is -0.370. The molecule has 0 amide bonds. The fraction of sp³-hybridized carbons (Fsp3) is 1.00. The molecule has 2 unspecified atom stereocenters. The van der Waals surface area contributed by atoms with Crippen molar-refractivity contribution in [3.05, 3.63) is 0 Å². The molecule has 0 aromatic heterocycles. The Bertz CT molecular complexity index is 156. The fourth-order valence-corrected chi connectivity index (χ4v) is 2.41. The summed E-state index contributed by atoms with van der Waals surface area (Å²) in [5, 5.41) is 9.79. The SMILES string of the molecule is CC1(O)CCN2CCCC2C1. The number of piperidine rings is 1. The highest BCUT2D eigenvalue weighted by molar-refractivity contribution is 4.91. The maximum atomic E-state index is 9.79. The number of hydrogen-bond donors (Lipinski definition) is 1. The van der Waals surface area contributed by atoms with Crippen molar-refractivity contribution in [2.24, 2.45) is 0 Å². The first-order valence-corrected chi connectivity index (χ1v) is 4.64. The molecule has 2 rings (SSSR count). The predicted molar refractivity (Wildman–Crippen MR) is 44.5 cm³/mol. The summed E-state index contributed by atoms with van der Waals surface area (Å²) in [5.41, 5.74) is -0.370. The maximum Gasteiger partial charge on any atom is 0.0646 e. The molecular formula is C9H17NO. The lowest BCUT2D eigenvalue weighted by Gasteiger charge is -2.38. The number of fused-ring (bicyclic) bond motifs is 1. The predicted octanol–water partition coefficient (Wildman–Crippen LogP) is 0.996. The van der Waals surface area contributed by atoms with Crippen LogP contribution in [0.1, 0.15) is 32.6 Å². The number of nitrogens with zero attached hydrogens (tertiary/aromatic N) is 1. The van der Waals surface area contributed by atoms with Crippen molar-refractivity contribution in [3.63, 3.8) is 0 Å². The molecule has 64 valence electrons. The summed E-state index contributed by atoms with van der Waals surface area (Å²) in [5.74, 6) is 0. The first-order chi connectivity index (χ1) is 5.17. The van der Waals surface area contributed by atoms with Crippen molar-refractivity contribution in [1.29, 1.82) is 0 Å². The van der Waals surface area contributed by atoms with E-state index in [-0.39, 0.29) is 5.60 Å². The van der Waals surface area contributed by atoms with E-state index in [1.807, 2.05) is 6.92 Å². The second kappa shape index (κ2) is 2.46. The molecule has 1 N–H and O–H groups in total. The normalized spacial score (nSPS) is 45.8. The summed E-state index contributed by atoms with van der Waals surface area (Å²) in [6, 6.07) is 0.693. The zero-order valence-electron chi connectivity index (χ0n) is 7.21. The van der Waals surface area contributed by atoms with Gasteiger partial charge in [-0.25, -0.2) is 0 Å². The van der Waals surface area contributed by atoms with Crippen molar-refractivity contribution in [2.75, 3.05) is 13.1 Å². The van der Waals surface area contributed by atoms with Crippen LogP contribution in [0.4, 0.5) is 0 Å². The first-order valence-electron chi connectivity index (χ1n) is 4.64. The summed E-state index contributed by atoms with van der Waals surface area (Å²) in [4.78, 5) is 2.53. The average Bonchev–Trinajstić information content (AvgIpc) is 2.31. The Morgan fingerprint density at radius 3 is 3.09 bits per heavy atom. The molecule has 11 heavy (non-hydrogen) atoms. The van der Waals surface area contributed by atoms with Crippen LogP contribution in [0.15, 0.2) is 0 Å². The number of aliphatic hydroxyl groups is 1.